The number of rotatable bonds is 4. The molecule has 0 atom stereocenters. The smallest absolute Gasteiger partial charge is 0.253 e. The first-order chi connectivity index (χ1) is 8.79. The highest BCUT2D eigenvalue weighted by atomic mass is 35.5. The van der Waals surface area contributed by atoms with E-state index < -0.39 is 0 Å². The lowest BCUT2D eigenvalue weighted by Gasteiger charge is -2.06. The van der Waals surface area contributed by atoms with Crippen molar-refractivity contribution in [3.05, 3.63) is 59.9 Å². The minimum absolute atomic E-state index is 0. The summed E-state index contributed by atoms with van der Waals surface area (Å²) in [6.07, 6.45) is 3.18. The van der Waals surface area contributed by atoms with E-state index in [0.717, 1.165) is 11.3 Å². The topological polar surface area (TPSA) is 51.2 Å². The maximum atomic E-state index is 11.8. The molecule has 1 N–H and O–H groups in total. The summed E-state index contributed by atoms with van der Waals surface area (Å²) in [5, 5.41) is 2.83. The number of benzene rings is 1. The van der Waals surface area contributed by atoms with Crippen molar-refractivity contribution in [2.45, 2.75) is 6.54 Å². The van der Waals surface area contributed by atoms with Crippen LogP contribution in [-0.4, -0.2) is 18.0 Å². The van der Waals surface area contributed by atoms with Crippen LogP contribution in [0.1, 0.15) is 15.9 Å². The normalized spacial score (nSPS) is 9.32. The summed E-state index contributed by atoms with van der Waals surface area (Å²) < 4.78 is 5.12. The molecule has 0 saturated carbocycles. The van der Waals surface area contributed by atoms with Gasteiger partial charge in [0.05, 0.1) is 12.7 Å². The second kappa shape index (κ2) is 7.38. The number of amides is 1. The molecule has 0 fully saturated rings. The molecule has 1 amide bonds. The van der Waals surface area contributed by atoms with Crippen molar-refractivity contribution in [3.8, 4) is 5.75 Å². The summed E-state index contributed by atoms with van der Waals surface area (Å²) in [5.41, 5.74) is 1.55. The Labute approximate surface area is 118 Å². The molecule has 1 aromatic heterocycles. The molecule has 0 spiro atoms. The van der Waals surface area contributed by atoms with Crippen LogP contribution in [0.2, 0.25) is 0 Å². The van der Waals surface area contributed by atoms with Gasteiger partial charge in [0.25, 0.3) is 5.91 Å². The van der Waals surface area contributed by atoms with E-state index in [2.05, 4.69) is 10.3 Å². The molecule has 1 heterocycles. The van der Waals surface area contributed by atoms with Gasteiger partial charge >= 0.3 is 0 Å². The van der Waals surface area contributed by atoms with Crippen LogP contribution in [-0.2, 0) is 6.54 Å². The summed E-state index contributed by atoms with van der Waals surface area (Å²) in [4.78, 5) is 15.7. The highest BCUT2D eigenvalue weighted by molar-refractivity contribution is 5.93. The van der Waals surface area contributed by atoms with Gasteiger partial charge in [0.2, 0.25) is 0 Å². The Morgan fingerprint density at radius 2 is 2.16 bits per heavy atom. The zero-order valence-electron chi connectivity index (χ0n) is 10.5. The molecule has 0 unspecified atom stereocenters. The number of halogens is 1. The molecule has 0 saturated heterocycles. The van der Waals surface area contributed by atoms with E-state index in [1.807, 2.05) is 24.3 Å². The lowest BCUT2D eigenvalue weighted by Crippen LogP contribution is -2.22. The molecule has 1 aromatic carbocycles. The predicted molar refractivity (Wildman–Crippen MR) is 75.6 cm³/mol. The van der Waals surface area contributed by atoms with Crippen molar-refractivity contribution in [1.29, 1.82) is 0 Å². The number of hydrogen-bond donors (Lipinski definition) is 1. The lowest BCUT2D eigenvalue weighted by atomic mass is 10.2. The summed E-state index contributed by atoms with van der Waals surface area (Å²) in [6, 6.07) is 11.1. The Kier molecular flexibility index (Phi) is 5.82. The van der Waals surface area contributed by atoms with Gasteiger partial charge in [-0.1, -0.05) is 12.1 Å². The zero-order valence-corrected chi connectivity index (χ0v) is 11.3. The molecule has 2 rings (SSSR count). The molecule has 4 nitrogen and oxygen atoms in total. The first-order valence-corrected chi connectivity index (χ1v) is 5.61. The Morgan fingerprint density at radius 3 is 2.84 bits per heavy atom. The Hall–Kier alpha value is -2.07. The van der Waals surface area contributed by atoms with Gasteiger partial charge in [-0.15, -0.1) is 12.4 Å². The molecule has 0 aliphatic rings. The summed E-state index contributed by atoms with van der Waals surface area (Å²) in [7, 11) is 1.62. The third-order valence-corrected chi connectivity index (χ3v) is 2.51. The van der Waals surface area contributed by atoms with Gasteiger partial charge in [-0.25, -0.2) is 0 Å². The van der Waals surface area contributed by atoms with Gasteiger partial charge in [0.1, 0.15) is 5.75 Å². The van der Waals surface area contributed by atoms with Crippen LogP contribution in [0, 0.1) is 0 Å². The van der Waals surface area contributed by atoms with Gasteiger partial charge in [-0.2, -0.15) is 0 Å². The maximum Gasteiger partial charge on any atom is 0.253 e. The van der Waals surface area contributed by atoms with E-state index in [1.165, 1.54) is 0 Å². The summed E-state index contributed by atoms with van der Waals surface area (Å²) >= 11 is 0. The Balaban J connectivity index is 0.00000180. The van der Waals surface area contributed by atoms with E-state index in [1.54, 1.807) is 31.6 Å². The van der Waals surface area contributed by atoms with Crippen LogP contribution in [0.5, 0.6) is 5.75 Å². The molecule has 0 bridgehead atoms. The largest absolute Gasteiger partial charge is 0.497 e. The molecular weight excluding hydrogens is 264 g/mol. The van der Waals surface area contributed by atoms with Gasteiger partial charge in [-0.3, -0.25) is 9.78 Å². The number of pyridine rings is 1. The Morgan fingerprint density at radius 1 is 1.32 bits per heavy atom. The summed E-state index contributed by atoms with van der Waals surface area (Å²) in [5.74, 6) is 0.647. The fourth-order valence-corrected chi connectivity index (χ4v) is 1.56. The van der Waals surface area contributed by atoms with Gasteiger partial charge in [0.15, 0.2) is 0 Å². The second-order valence-electron chi connectivity index (χ2n) is 3.78. The van der Waals surface area contributed by atoms with Crippen molar-refractivity contribution in [1.82, 2.24) is 10.3 Å². The predicted octanol–water partition coefficient (Wildman–Crippen LogP) is 2.44. The van der Waals surface area contributed by atoms with Crippen LogP contribution in [0.15, 0.2) is 48.8 Å². The number of nitrogens with zero attached hydrogens (tertiary/aromatic N) is 1. The quantitative estimate of drug-likeness (QED) is 0.935. The third-order valence-electron chi connectivity index (χ3n) is 2.51. The minimum atomic E-state index is -0.133. The van der Waals surface area contributed by atoms with Crippen LogP contribution < -0.4 is 10.1 Å². The van der Waals surface area contributed by atoms with Gasteiger partial charge in [-0.05, 0) is 29.8 Å². The van der Waals surface area contributed by atoms with Crippen LogP contribution >= 0.6 is 12.4 Å². The molecular formula is C14H15ClN2O2. The number of hydrogen-bond acceptors (Lipinski definition) is 3. The van der Waals surface area contributed by atoms with Crippen LogP contribution in [0.25, 0.3) is 0 Å². The van der Waals surface area contributed by atoms with E-state index in [4.69, 9.17) is 4.74 Å². The fourth-order valence-electron chi connectivity index (χ4n) is 1.56. The maximum absolute atomic E-state index is 11.8. The molecule has 5 heteroatoms. The third kappa shape index (κ3) is 4.26. The van der Waals surface area contributed by atoms with E-state index >= 15 is 0 Å². The molecule has 0 aliphatic carbocycles. The monoisotopic (exact) mass is 278 g/mol. The molecule has 0 aliphatic heterocycles. The molecule has 100 valence electrons. The van der Waals surface area contributed by atoms with E-state index in [0.29, 0.717) is 12.1 Å². The average Bonchev–Trinajstić information content (AvgIpc) is 2.46. The SMILES string of the molecule is COc1cccc(CNC(=O)c2cccnc2)c1.Cl. The first-order valence-electron chi connectivity index (χ1n) is 5.61. The number of ether oxygens (including phenoxy) is 1. The van der Waals surface area contributed by atoms with Crippen molar-refractivity contribution in [2.75, 3.05) is 7.11 Å². The number of aromatic nitrogens is 1. The number of nitrogens with one attached hydrogen (secondary N) is 1. The highest BCUT2D eigenvalue weighted by Crippen LogP contribution is 2.12. The van der Waals surface area contributed by atoms with Gasteiger partial charge < -0.3 is 10.1 Å². The fraction of sp³-hybridized carbons (Fsp3) is 0.143. The van der Waals surface area contributed by atoms with Crippen LogP contribution in [0.4, 0.5) is 0 Å². The standard InChI is InChI=1S/C14H14N2O2.ClH/c1-18-13-6-2-4-11(8-13)9-16-14(17)12-5-3-7-15-10-12;/h2-8,10H,9H2,1H3,(H,16,17);1H. The lowest BCUT2D eigenvalue weighted by molar-refractivity contribution is 0.0950. The Bertz CT molecular complexity index is 532. The van der Waals surface area contributed by atoms with Crippen LogP contribution in [0.3, 0.4) is 0 Å². The number of carbonyl (C=O) groups is 1. The van der Waals surface area contributed by atoms with E-state index in [9.17, 15) is 4.79 Å². The molecule has 0 radical (unpaired) electrons. The summed E-state index contributed by atoms with van der Waals surface area (Å²) in [6.45, 7) is 0.463. The van der Waals surface area contributed by atoms with Crippen molar-refractivity contribution < 1.29 is 9.53 Å². The zero-order chi connectivity index (χ0) is 12.8. The van der Waals surface area contributed by atoms with Crippen molar-refractivity contribution >= 4 is 18.3 Å². The first kappa shape index (κ1) is 15.0. The van der Waals surface area contributed by atoms with E-state index in [-0.39, 0.29) is 18.3 Å². The highest BCUT2D eigenvalue weighted by Gasteiger charge is 2.04. The van der Waals surface area contributed by atoms with Crippen molar-refractivity contribution in [2.24, 2.45) is 0 Å². The van der Waals surface area contributed by atoms with Crippen molar-refractivity contribution in [3.63, 3.8) is 0 Å². The molecule has 2 aromatic rings. The molecule has 19 heavy (non-hydrogen) atoms. The number of carbonyl (C=O) groups excluding carboxylic acids is 1. The second-order valence-corrected chi connectivity index (χ2v) is 3.78. The average molecular weight is 279 g/mol. The minimum Gasteiger partial charge on any atom is -0.497 e. The number of methoxy groups -OCH3 is 1. The van der Waals surface area contributed by atoms with Gasteiger partial charge in [0, 0.05) is 18.9 Å².